The Hall–Kier alpha value is -1.17. The van der Waals surface area contributed by atoms with Gasteiger partial charge in [-0.3, -0.25) is 4.79 Å². The zero-order valence-corrected chi connectivity index (χ0v) is 11.6. The first-order valence-electron chi connectivity index (χ1n) is 5.80. The molecule has 0 aliphatic rings. The first-order valence-corrected chi connectivity index (χ1v) is 6.17. The highest BCUT2D eigenvalue weighted by Crippen LogP contribution is 2.21. The molecule has 2 N–H and O–H groups in total. The van der Waals surface area contributed by atoms with E-state index in [1.54, 1.807) is 6.92 Å². The summed E-state index contributed by atoms with van der Waals surface area (Å²) >= 11 is 5.75. The number of benzene rings is 1. The van der Waals surface area contributed by atoms with E-state index in [9.17, 15) is 9.18 Å². The standard InChI is InChI=1S/C13H17ClFNO3/c1-13(6-7-17,8-19-2)16-12(18)9-4-3-5-10(15)11(9)14/h3-5,17H,6-8H2,1-2H3,(H,16,18). The topological polar surface area (TPSA) is 58.6 Å². The number of amides is 1. The number of carbonyl (C=O) groups excluding carboxylic acids is 1. The second-order valence-corrected chi connectivity index (χ2v) is 4.90. The van der Waals surface area contributed by atoms with Crippen LogP contribution in [-0.2, 0) is 4.74 Å². The number of halogens is 2. The van der Waals surface area contributed by atoms with Gasteiger partial charge in [-0.05, 0) is 25.5 Å². The number of hydrogen-bond acceptors (Lipinski definition) is 3. The minimum atomic E-state index is -0.740. The molecule has 1 unspecified atom stereocenters. The Kier molecular flexibility index (Phi) is 5.72. The minimum Gasteiger partial charge on any atom is -0.396 e. The molecule has 0 heterocycles. The molecule has 0 aliphatic heterocycles. The van der Waals surface area contributed by atoms with Crippen LogP contribution in [0.1, 0.15) is 23.7 Å². The van der Waals surface area contributed by atoms with Crippen molar-refractivity contribution < 1.29 is 19.0 Å². The maximum Gasteiger partial charge on any atom is 0.253 e. The molecule has 0 bridgehead atoms. The third-order valence-electron chi connectivity index (χ3n) is 2.74. The summed E-state index contributed by atoms with van der Waals surface area (Å²) in [6.07, 6.45) is 0.319. The molecule has 0 aromatic heterocycles. The molecule has 1 amide bonds. The van der Waals surface area contributed by atoms with Crippen LogP contribution in [0.3, 0.4) is 0 Å². The van der Waals surface area contributed by atoms with Crippen molar-refractivity contribution in [3.8, 4) is 0 Å². The van der Waals surface area contributed by atoms with Crippen molar-refractivity contribution in [1.29, 1.82) is 0 Å². The molecule has 4 nitrogen and oxygen atoms in total. The number of aliphatic hydroxyl groups is 1. The van der Waals surface area contributed by atoms with Gasteiger partial charge in [0, 0.05) is 13.7 Å². The monoisotopic (exact) mass is 289 g/mol. The van der Waals surface area contributed by atoms with E-state index in [4.69, 9.17) is 21.4 Å². The summed E-state index contributed by atoms with van der Waals surface area (Å²) in [5, 5.41) is 11.5. The van der Waals surface area contributed by atoms with Crippen molar-refractivity contribution in [2.45, 2.75) is 18.9 Å². The zero-order valence-electron chi connectivity index (χ0n) is 10.9. The molecule has 1 atom stereocenters. The summed E-state index contributed by atoms with van der Waals surface area (Å²) in [5.74, 6) is -1.15. The highest BCUT2D eigenvalue weighted by Gasteiger charge is 2.27. The smallest absolute Gasteiger partial charge is 0.253 e. The Balaban J connectivity index is 2.91. The number of rotatable bonds is 6. The van der Waals surface area contributed by atoms with Gasteiger partial charge in [-0.2, -0.15) is 0 Å². The Labute approximate surface area is 116 Å². The molecule has 1 aromatic carbocycles. The van der Waals surface area contributed by atoms with E-state index in [0.29, 0.717) is 6.42 Å². The largest absolute Gasteiger partial charge is 0.396 e. The molecule has 6 heteroatoms. The predicted octanol–water partition coefficient (Wildman–Crippen LogP) is 2.00. The van der Waals surface area contributed by atoms with Gasteiger partial charge in [-0.1, -0.05) is 17.7 Å². The van der Waals surface area contributed by atoms with Crippen LogP contribution in [-0.4, -0.2) is 36.9 Å². The van der Waals surface area contributed by atoms with Gasteiger partial charge < -0.3 is 15.2 Å². The third kappa shape index (κ3) is 4.16. The van der Waals surface area contributed by atoms with Crippen LogP contribution in [0.4, 0.5) is 4.39 Å². The van der Waals surface area contributed by atoms with Crippen molar-refractivity contribution in [2.75, 3.05) is 20.3 Å². The van der Waals surface area contributed by atoms with Gasteiger partial charge in [-0.25, -0.2) is 4.39 Å². The molecule has 0 spiro atoms. The maximum absolute atomic E-state index is 13.3. The Bertz CT molecular complexity index is 448. The van der Waals surface area contributed by atoms with Gasteiger partial charge in [-0.15, -0.1) is 0 Å². The highest BCUT2D eigenvalue weighted by molar-refractivity contribution is 6.34. The molecule has 1 rings (SSSR count). The van der Waals surface area contributed by atoms with Gasteiger partial charge >= 0.3 is 0 Å². The number of aliphatic hydroxyl groups excluding tert-OH is 1. The van der Waals surface area contributed by atoms with E-state index in [0.717, 1.165) is 0 Å². The SMILES string of the molecule is COCC(C)(CCO)NC(=O)c1cccc(F)c1Cl. The summed E-state index contributed by atoms with van der Waals surface area (Å²) in [6, 6.07) is 4.03. The lowest BCUT2D eigenvalue weighted by Gasteiger charge is -2.29. The number of hydrogen-bond donors (Lipinski definition) is 2. The number of nitrogens with one attached hydrogen (secondary N) is 1. The molecular formula is C13H17ClFNO3. The molecule has 1 aromatic rings. The van der Waals surface area contributed by atoms with Crippen LogP contribution in [0.25, 0.3) is 0 Å². The fourth-order valence-electron chi connectivity index (χ4n) is 1.76. The van der Waals surface area contributed by atoms with Crippen LogP contribution in [0, 0.1) is 5.82 Å². The summed E-state index contributed by atoms with van der Waals surface area (Å²) in [7, 11) is 1.50. The average molecular weight is 290 g/mol. The molecule has 0 saturated carbocycles. The minimum absolute atomic E-state index is 0.0573. The zero-order chi connectivity index (χ0) is 14.5. The lowest BCUT2D eigenvalue weighted by atomic mass is 9.98. The van der Waals surface area contributed by atoms with E-state index >= 15 is 0 Å². The first kappa shape index (κ1) is 15.9. The summed E-state index contributed by atoms with van der Waals surface area (Å²) < 4.78 is 18.3. The predicted molar refractivity (Wildman–Crippen MR) is 70.9 cm³/mol. The third-order valence-corrected chi connectivity index (χ3v) is 3.12. The van der Waals surface area contributed by atoms with Crippen molar-refractivity contribution in [2.24, 2.45) is 0 Å². The van der Waals surface area contributed by atoms with Crippen LogP contribution in [0.2, 0.25) is 5.02 Å². The van der Waals surface area contributed by atoms with Crippen LogP contribution < -0.4 is 5.32 Å². The maximum atomic E-state index is 13.3. The quantitative estimate of drug-likeness (QED) is 0.842. The number of carbonyl (C=O) groups is 1. The molecular weight excluding hydrogens is 273 g/mol. The van der Waals surface area contributed by atoms with Gasteiger partial charge in [0.15, 0.2) is 0 Å². The van der Waals surface area contributed by atoms with Gasteiger partial charge in [0.2, 0.25) is 0 Å². The van der Waals surface area contributed by atoms with Crippen molar-refractivity contribution in [3.05, 3.63) is 34.6 Å². The molecule has 0 fully saturated rings. The number of methoxy groups -OCH3 is 1. The van der Waals surface area contributed by atoms with Crippen molar-refractivity contribution in [1.82, 2.24) is 5.32 Å². The summed E-state index contributed by atoms with van der Waals surface area (Å²) in [6.45, 7) is 1.86. The fraction of sp³-hybridized carbons (Fsp3) is 0.462. The number of ether oxygens (including phenoxy) is 1. The molecule has 106 valence electrons. The van der Waals surface area contributed by atoms with Gasteiger partial charge in [0.25, 0.3) is 5.91 Å². The second-order valence-electron chi connectivity index (χ2n) is 4.52. The lowest BCUT2D eigenvalue weighted by Crippen LogP contribution is -2.50. The average Bonchev–Trinajstić information content (AvgIpc) is 2.32. The Morgan fingerprint density at radius 2 is 2.26 bits per heavy atom. The van der Waals surface area contributed by atoms with E-state index in [-0.39, 0.29) is 23.8 Å². The van der Waals surface area contributed by atoms with Gasteiger partial charge in [0.1, 0.15) is 5.82 Å². The molecule has 0 saturated heterocycles. The fourth-order valence-corrected chi connectivity index (χ4v) is 1.97. The van der Waals surface area contributed by atoms with Crippen LogP contribution in [0.5, 0.6) is 0 Å². The van der Waals surface area contributed by atoms with Crippen molar-refractivity contribution in [3.63, 3.8) is 0 Å². The molecule has 0 radical (unpaired) electrons. The van der Waals surface area contributed by atoms with Crippen LogP contribution in [0.15, 0.2) is 18.2 Å². The Morgan fingerprint density at radius 3 is 2.84 bits per heavy atom. The first-order chi connectivity index (χ1) is 8.93. The van der Waals surface area contributed by atoms with E-state index < -0.39 is 17.3 Å². The normalized spacial score (nSPS) is 13.9. The highest BCUT2D eigenvalue weighted by atomic mass is 35.5. The van der Waals surface area contributed by atoms with E-state index in [2.05, 4.69) is 5.32 Å². The summed E-state index contributed by atoms with van der Waals surface area (Å²) in [5.41, 5.74) is -0.683. The van der Waals surface area contributed by atoms with Crippen molar-refractivity contribution >= 4 is 17.5 Å². The summed E-state index contributed by atoms with van der Waals surface area (Å²) in [4.78, 5) is 12.1. The second kappa shape index (κ2) is 6.84. The Morgan fingerprint density at radius 1 is 1.58 bits per heavy atom. The van der Waals surface area contributed by atoms with E-state index in [1.165, 1.54) is 25.3 Å². The van der Waals surface area contributed by atoms with E-state index in [1.807, 2.05) is 0 Å². The van der Waals surface area contributed by atoms with Gasteiger partial charge in [0.05, 0.1) is 22.7 Å². The lowest BCUT2D eigenvalue weighted by molar-refractivity contribution is 0.0725. The van der Waals surface area contributed by atoms with Crippen LogP contribution >= 0.6 is 11.6 Å². The molecule has 0 aliphatic carbocycles. The molecule has 19 heavy (non-hydrogen) atoms.